The fourth-order valence-electron chi connectivity index (χ4n) is 1.85. The van der Waals surface area contributed by atoms with E-state index < -0.39 is 0 Å². The van der Waals surface area contributed by atoms with Gasteiger partial charge in [0.05, 0.1) is 16.2 Å². The molecule has 19 heavy (non-hydrogen) atoms. The van der Waals surface area contributed by atoms with E-state index >= 15 is 0 Å². The second kappa shape index (κ2) is 6.59. The van der Waals surface area contributed by atoms with Crippen molar-refractivity contribution < 1.29 is 4.39 Å². The Morgan fingerprint density at radius 2 is 2.05 bits per heavy atom. The van der Waals surface area contributed by atoms with Crippen LogP contribution in [0, 0.1) is 5.82 Å². The molecule has 0 radical (unpaired) electrons. The molecule has 0 spiro atoms. The number of aromatic nitrogens is 1. The smallest absolute Gasteiger partial charge is 0.137 e. The van der Waals surface area contributed by atoms with Crippen molar-refractivity contribution in [3.05, 3.63) is 62.5 Å². The number of likely N-dealkylation sites (N-methyl/N-ethyl adjacent to an activating group) is 1. The molecule has 0 saturated heterocycles. The summed E-state index contributed by atoms with van der Waals surface area (Å²) in [4.78, 5) is 4.39. The van der Waals surface area contributed by atoms with Gasteiger partial charge >= 0.3 is 0 Å². The first-order chi connectivity index (χ1) is 9.10. The van der Waals surface area contributed by atoms with Crippen molar-refractivity contribution in [1.29, 1.82) is 0 Å². The van der Waals surface area contributed by atoms with E-state index in [2.05, 4.69) is 42.2 Å². The largest absolute Gasteiger partial charge is 0.311 e. The monoisotopic (exact) mass is 386 g/mol. The molecule has 0 aliphatic rings. The molecule has 0 fully saturated rings. The fourth-order valence-corrected chi connectivity index (χ4v) is 2.51. The average Bonchev–Trinajstić information content (AvgIpc) is 2.41. The maximum Gasteiger partial charge on any atom is 0.137 e. The predicted molar refractivity (Wildman–Crippen MR) is 81.5 cm³/mol. The summed E-state index contributed by atoms with van der Waals surface area (Å²) in [7, 11) is 1.90. The molecule has 1 N–H and O–H groups in total. The van der Waals surface area contributed by atoms with Crippen LogP contribution in [-0.2, 0) is 6.42 Å². The van der Waals surface area contributed by atoms with Gasteiger partial charge in [0.2, 0.25) is 0 Å². The third-order valence-corrected chi connectivity index (χ3v) is 3.96. The van der Waals surface area contributed by atoms with E-state index in [0.717, 1.165) is 22.2 Å². The quantitative estimate of drug-likeness (QED) is 0.848. The minimum absolute atomic E-state index is 0.102. The van der Waals surface area contributed by atoms with Gasteiger partial charge in [0.25, 0.3) is 0 Å². The van der Waals surface area contributed by atoms with Gasteiger partial charge in [-0.15, -0.1) is 0 Å². The minimum Gasteiger partial charge on any atom is -0.311 e. The average molecular weight is 388 g/mol. The Bertz CT molecular complexity index is 558. The second-order valence-corrected chi connectivity index (χ2v) is 5.97. The zero-order valence-corrected chi connectivity index (χ0v) is 13.5. The van der Waals surface area contributed by atoms with E-state index in [-0.39, 0.29) is 11.9 Å². The van der Waals surface area contributed by atoms with Crippen LogP contribution in [0.1, 0.15) is 17.3 Å². The molecule has 1 aromatic carbocycles. The van der Waals surface area contributed by atoms with E-state index in [9.17, 15) is 4.39 Å². The molecule has 5 heteroatoms. The van der Waals surface area contributed by atoms with Crippen LogP contribution < -0.4 is 5.32 Å². The zero-order chi connectivity index (χ0) is 13.8. The summed E-state index contributed by atoms with van der Waals surface area (Å²) in [6.45, 7) is 0. The van der Waals surface area contributed by atoms with E-state index in [1.807, 2.05) is 19.2 Å². The summed E-state index contributed by atoms with van der Waals surface area (Å²) in [5.41, 5.74) is 2.02. The lowest BCUT2D eigenvalue weighted by atomic mass is 10.0. The second-order valence-electron chi connectivity index (χ2n) is 4.20. The summed E-state index contributed by atoms with van der Waals surface area (Å²) in [6.07, 6.45) is 2.53. The third-order valence-electron chi connectivity index (χ3n) is 2.88. The molecule has 1 unspecified atom stereocenters. The van der Waals surface area contributed by atoms with Crippen molar-refractivity contribution in [1.82, 2.24) is 10.3 Å². The highest BCUT2D eigenvalue weighted by Crippen LogP contribution is 2.22. The van der Waals surface area contributed by atoms with Crippen molar-refractivity contribution in [3.8, 4) is 0 Å². The van der Waals surface area contributed by atoms with Gasteiger partial charge in [0, 0.05) is 10.7 Å². The Kier molecular flexibility index (Phi) is 5.07. The van der Waals surface area contributed by atoms with Gasteiger partial charge in [-0.1, -0.05) is 6.07 Å². The van der Waals surface area contributed by atoms with Crippen molar-refractivity contribution in [3.63, 3.8) is 0 Å². The SMILES string of the molecule is CNC(Cc1ccc(F)c(Br)c1)c1ccc(Br)cn1. The fraction of sp³-hybridized carbons (Fsp3) is 0.214. The topological polar surface area (TPSA) is 24.9 Å². The summed E-state index contributed by atoms with van der Waals surface area (Å²) in [6, 6.07) is 9.12. The van der Waals surface area contributed by atoms with E-state index in [4.69, 9.17) is 0 Å². The lowest BCUT2D eigenvalue weighted by Gasteiger charge is -2.16. The molecule has 0 aliphatic carbocycles. The number of hydrogen-bond acceptors (Lipinski definition) is 2. The maximum absolute atomic E-state index is 13.2. The molecule has 2 aromatic rings. The van der Waals surface area contributed by atoms with Crippen molar-refractivity contribution >= 4 is 31.9 Å². The predicted octanol–water partition coefficient (Wildman–Crippen LogP) is 4.25. The van der Waals surface area contributed by atoms with Gasteiger partial charge in [-0.25, -0.2) is 4.39 Å². The molecule has 1 heterocycles. The highest BCUT2D eigenvalue weighted by Gasteiger charge is 2.12. The van der Waals surface area contributed by atoms with Crippen LogP contribution in [0.25, 0.3) is 0 Å². The molecule has 1 atom stereocenters. The first-order valence-electron chi connectivity index (χ1n) is 5.83. The molecule has 0 bridgehead atoms. The molecular formula is C14H13Br2FN2. The number of hydrogen-bond donors (Lipinski definition) is 1. The first kappa shape index (κ1) is 14.6. The molecule has 2 nitrogen and oxygen atoms in total. The van der Waals surface area contributed by atoms with Crippen LogP contribution in [0.5, 0.6) is 0 Å². The van der Waals surface area contributed by atoms with Crippen molar-refractivity contribution in [2.24, 2.45) is 0 Å². The molecule has 2 rings (SSSR count). The van der Waals surface area contributed by atoms with Gasteiger partial charge in [0.1, 0.15) is 5.82 Å². The Balaban J connectivity index is 2.18. The number of nitrogens with one attached hydrogen (secondary N) is 1. The number of pyridine rings is 1. The zero-order valence-electron chi connectivity index (χ0n) is 10.3. The molecule has 0 saturated carbocycles. The Morgan fingerprint density at radius 3 is 2.63 bits per heavy atom. The van der Waals surface area contributed by atoms with Crippen LogP contribution >= 0.6 is 31.9 Å². The summed E-state index contributed by atoms with van der Waals surface area (Å²) in [5, 5.41) is 3.23. The van der Waals surface area contributed by atoms with Crippen LogP contribution in [0.4, 0.5) is 4.39 Å². The Hall–Kier alpha value is -0.780. The van der Waals surface area contributed by atoms with Crippen molar-refractivity contribution in [2.75, 3.05) is 7.05 Å². The minimum atomic E-state index is -0.244. The molecule has 1 aromatic heterocycles. The third kappa shape index (κ3) is 3.84. The van der Waals surface area contributed by atoms with Gasteiger partial charge < -0.3 is 5.32 Å². The maximum atomic E-state index is 13.2. The molecule has 0 amide bonds. The van der Waals surface area contributed by atoms with Gasteiger partial charge in [-0.2, -0.15) is 0 Å². The van der Waals surface area contributed by atoms with Crippen LogP contribution in [0.2, 0.25) is 0 Å². The standard InChI is InChI=1S/C14H13Br2FN2/c1-18-14(13-5-3-10(15)8-19-13)7-9-2-4-12(17)11(16)6-9/h2-6,8,14,18H,7H2,1H3. The Morgan fingerprint density at radius 1 is 1.26 bits per heavy atom. The summed E-state index contributed by atoms with van der Waals surface area (Å²) < 4.78 is 14.6. The van der Waals surface area contributed by atoms with Crippen LogP contribution in [0.15, 0.2) is 45.5 Å². The van der Waals surface area contributed by atoms with Gasteiger partial charge in [-0.3, -0.25) is 4.98 Å². The number of nitrogens with zero attached hydrogens (tertiary/aromatic N) is 1. The van der Waals surface area contributed by atoms with Crippen LogP contribution in [0.3, 0.4) is 0 Å². The summed E-state index contributed by atoms with van der Waals surface area (Å²) in [5.74, 6) is -0.244. The lowest BCUT2D eigenvalue weighted by molar-refractivity contribution is 0.573. The molecule has 100 valence electrons. The van der Waals surface area contributed by atoms with Gasteiger partial charge in [0.15, 0.2) is 0 Å². The summed E-state index contributed by atoms with van der Waals surface area (Å²) >= 11 is 6.58. The normalized spacial score (nSPS) is 12.4. The highest BCUT2D eigenvalue weighted by molar-refractivity contribution is 9.10. The number of halogens is 3. The Labute approximate surface area is 128 Å². The van der Waals surface area contributed by atoms with Crippen LogP contribution in [-0.4, -0.2) is 12.0 Å². The molecule has 0 aliphatic heterocycles. The number of rotatable bonds is 4. The number of benzene rings is 1. The van der Waals surface area contributed by atoms with Gasteiger partial charge in [-0.05, 0) is 75.2 Å². The van der Waals surface area contributed by atoms with Crippen molar-refractivity contribution in [2.45, 2.75) is 12.5 Å². The van der Waals surface area contributed by atoms with E-state index in [1.165, 1.54) is 6.07 Å². The highest BCUT2D eigenvalue weighted by atomic mass is 79.9. The lowest BCUT2D eigenvalue weighted by Crippen LogP contribution is -2.20. The first-order valence-corrected chi connectivity index (χ1v) is 7.41. The van der Waals surface area contributed by atoms with E-state index in [0.29, 0.717) is 4.47 Å². The van der Waals surface area contributed by atoms with E-state index in [1.54, 1.807) is 18.3 Å². The molecular weight excluding hydrogens is 375 g/mol.